The number of carbonyl (C=O) groups is 2. The van der Waals surface area contributed by atoms with E-state index in [1.165, 1.54) is 7.11 Å². The molecule has 6 heteroatoms. The number of esters is 1. The van der Waals surface area contributed by atoms with Crippen LogP contribution in [0.5, 0.6) is 0 Å². The lowest BCUT2D eigenvalue weighted by molar-refractivity contribution is -0.146. The summed E-state index contributed by atoms with van der Waals surface area (Å²) < 4.78 is 5.41. The third-order valence-electron chi connectivity index (χ3n) is 2.53. The highest BCUT2D eigenvalue weighted by atomic mass is 79.9. The monoisotopic (exact) mass is 329 g/mol. The van der Waals surface area contributed by atoms with E-state index in [2.05, 4.69) is 26.0 Å². The van der Waals surface area contributed by atoms with Gasteiger partial charge in [0, 0.05) is 10.9 Å². The molecule has 0 saturated carbocycles. The zero-order valence-corrected chi connectivity index (χ0v) is 12.1. The van der Waals surface area contributed by atoms with Crippen molar-refractivity contribution in [2.24, 2.45) is 0 Å². The highest BCUT2D eigenvalue weighted by Gasteiger charge is 2.19. The Labute approximate surface area is 120 Å². The van der Waals surface area contributed by atoms with Gasteiger partial charge in [0.1, 0.15) is 0 Å². The molecule has 5 nitrogen and oxygen atoms in total. The number of hydrogen-bond acceptors (Lipinski definition) is 4. The molecule has 0 saturated heterocycles. The third-order valence-corrected chi connectivity index (χ3v) is 3.03. The van der Waals surface area contributed by atoms with Gasteiger partial charge in [-0.1, -0.05) is 28.1 Å². The molecule has 1 amide bonds. The van der Waals surface area contributed by atoms with Crippen LogP contribution in [0.15, 0.2) is 28.7 Å². The fourth-order valence-corrected chi connectivity index (χ4v) is 1.98. The molecule has 1 aromatic rings. The first-order valence-electron chi connectivity index (χ1n) is 5.79. The van der Waals surface area contributed by atoms with E-state index in [1.54, 1.807) is 0 Å². The minimum Gasteiger partial charge on any atom is -0.467 e. The Morgan fingerprint density at radius 2 is 2.21 bits per heavy atom. The lowest BCUT2D eigenvalue weighted by Crippen LogP contribution is -2.44. The summed E-state index contributed by atoms with van der Waals surface area (Å²) in [7, 11) is 1.21. The fraction of sp³-hybridized carbons (Fsp3) is 0.385. The minimum atomic E-state index is -1.000. The Bertz CT molecular complexity index is 450. The number of halogens is 1. The van der Waals surface area contributed by atoms with Gasteiger partial charge >= 0.3 is 5.97 Å². The van der Waals surface area contributed by atoms with E-state index >= 15 is 0 Å². The number of benzene rings is 1. The second-order valence-corrected chi connectivity index (χ2v) is 4.87. The molecule has 104 valence electrons. The molecule has 0 aliphatic rings. The number of carbonyl (C=O) groups excluding carboxylic acids is 2. The van der Waals surface area contributed by atoms with Crippen molar-refractivity contribution < 1.29 is 19.4 Å². The molecular weight excluding hydrogens is 314 g/mol. The molecule has 1 unspecified atom stereocenters. The summed E-state index contributed by atoms with van der Waals surface area (Å²) in [5.41, 5.74) is 1.02. The Morgan fingerprint density at radius 1 is 1.47 bits per heavy atom. The second kappa shape index (κ2) is 7.91. The average molecular weight is 330 g/mol. The van der Waals surface area contributed by atoms with Gasteiger partial charge in [0.15, 0.2) is 6.04 Å². The molecule has 0 bridgehead atoms. The number of hydrogen-bond donors (Lipinski definition) is 2. The molecule has 0 aliphatic heterocycles. The summed E-state index contributed by atoms with van der Waals surface area (Å²) in [5, 5.41) is 11.4. The van der Waals surface area contributed by atoms with Gasteiger partial charge in [-0.05, 0) is 24.1 Å². The Morgan fingerprint density at radius 3 is 2.79 bits per heavy atom. The summed E-state index contributed by atoms with van der Waals surface area (Å²) in [6.45, 7) is -0.477. The topological polar surface area (TPSA) is 75.6 Å². The summed E-state index contributed by atoms with van der Waals surface area (Å²) in [4.78, 5) is 22.8. The van der Waals surface area contributed by atoms with E-state index in [1.807, 2.05) is 24.3 Å². The number of methoxy groups -OCH3 is 1. The first-order valence-corrected chi connectivity index (χ1v) is 6.58. The largest absolute Gasteiger partial charge is 0.467 e. The molecule has 1 atom stereocenters. The highest BCUT2D eigenvalue weighted by Crippen LogP contribution is 2.12. The number of ether oxygens (including phenoxy) is 1. The normalized spacial score (nSPS) is 11.7. The maximum atomic E-state index is 11.6. The maximum Gasteiger partial charge on any atom is 0.330 e. The van der Waals surface area contributed by atoms with Crippen LogP contribution in [-0.4, -0.2) is 36.7 Å². The van der Waals surface area contributed by atoms with E-state index < -0.39 is 18.6 Å². The van der Waals surface area contributed by atoms with Crippen LogP contribution >= 0.6 is 15.9 Å². The summed E-state index contributed by atoms with van der Waals surface area (Å²) in [5.74, 6) is -0.956. The molecule has 0 spiro atoms. The van der Waals surface area contributed by atoms with Gasteiger partial charge < -0.3 is 15.2 Å². The maximum absolute atomic E-state index is 11.6. The van der Waals surface area contributed by atoms with E-state index in [9.17, 15) is 9.59 Å². The zero-order chi connectivity index (χ0) is 14.3. The first kappa shape index (κ1) is 15.7. The van der Waals surface area contributed by atoms with Crippen LogP contribution in [-0.2, 0) is 20.7 Å². The molecule has 1 rings (SSSR count). The van der Waals surface area contributed by atoms with Crippen LogP contribution in [0.4, 0.5) is 0 Å². The SMILES string of the molecule is COC(=O)C(CO)NC(=O)CCc1cccc(Br)c1. The number of aryl methyl sites for hydroxylation is 1. The Hall–Kier alpha value is -1.40. The van der Waals surface area contributed by atoms with Crippen molar-refractivity contribution in [1.29, 1.82) is 0 Å². The van der Waals surface area contributed by atoms with Gasteiger partial charge in [-0.2, -0.15) is 0 Å². The molecule has 0 aliphatic carbocycles. The van der Waals surface area contributed by atoms with Gasteiger partial charge in [0.25, 0.3) is 0 Å². The van der Waals surface area contributed by atoms with E-state index in [0.717, 1.165) is 10.0 Å². The molecule has 1 aromatic carbocycles. The van der Waals surface area contributed by atoms with E-state index in [4.69, 9.17) is 5.11 Å². The third kappa shape index (κ3) is 5.40. The quantitative estimate of drug-likeness (QED) is 0.764. The molecule has 19 heavy (non-hydrogen) atoms. The highest BCUT2D eigenvalue weighted by molar-refractivity contribution is 9.10. The second-order valence-electron chi connectivity index (χ2n) is 3.96. The zero-order valence-electron chi connectivity index (χ0n) is 10.6. The van der Waals surface area contributed by atoms with Crippen molar-refractivity contribution in [3.63, 3.8) is 0 Å². The van der Waals surface area contributed by atoms with Crippen molar-refractivity contribution in [3.8, 4) is 0 Å². The van der Waals surface area contributed by atoms with Gasteiger partial charge in [-0.3, -0.25) is 4.79 Å². The fourth-order valence-electron chi connectivity index (χ4n) is 1.54. The van der Waals surface area contributed by atoms with Crippen molar-refractivity contribution in [2.75, 3.05) is 13.7 Å². The summed E-state index contributed by atoms with van der Waals surface area (Å²) >= 11 is 3.35. The van der Waals surface area contributed by atoms with Crippen molar-refractivity contribution >= 4 is 27.8 Å². The standard InChI is InChI=1S/C13H16BrNO4/c1-19-13(18)11(8-16)15-12(17)6-5-9-3-2-4-10(14)7-9/h2-4,7,11,16H,5-6,8H2,1H3,(H,15,17). The van der Waals surface area contributed by atoms with Crippen molar-refractivity contribution in [3.05, 3.63) is 34.3 Å². The smallest absolute Gasteiger partial charge is 0.330 e. The van der Waals surface area contributed by atoms with E-state index in [0.29, 0.717) is 6.42 Å². The lowest BCUT2D eigenvalue weighted by Gasteiger charge is -2.13. The number of aliphatic hydroxyl groups excluding tert-OH is 1. The van der Waals surface area contributed by atoms with Crippen LogP contribution in [0, 0.1) is 0 Å². The van der Waals surface area contributed by atoms with Gasteiger partial charge in [-0.25, -0.2) is 4.79 Å². The number of amides is 1. The van der Waals surface area contributed by atoms with Gasteiger partial charge in [0.05, 0.1) is 13.7 Å². The van der Waals surface area contributed by atoms with Gasteiger partial charge in [0.2, 0.25) is 5.91 Å². The van der Waals surface area contributed by atoms with Crippen LogP contribution in [0.25, 0.3) is 0 Å². The summed E-state index contributed by atoms with van der Waals surface area (Å²) in [6.07, 6.45) is 0.800. The predicted molar refractivity (Wildman–Crippen MR) is 73.5 cm³/mol. The molecular formula is C13H16BrNO4. The van der Waals surface area contributed by atoms with Crippen LogP contribution in [0.3, 0.4) is 0 Å². The minimum absolute atomic E-state index is 0.240. The van der Waals surface area contributed by atoms with Crippen molar-refractivity contribution in [1.82, 2.24) is 5.32 Å². The van der Waals surface area contributed by atoms with Gasteiger partial charge in [-0.15, -0.1) is 0 Å². The molecule has 0 heterocycles. The number of rotatable bonds is 6. The summed E-state index contributed by atoms with van der Waals surface area (Å²) in [6, 6.07) is 6.64. The average Bonchev–Trinajstić information content (AvgIpc) is 2.41. The Kier molecular flexibility index (Phi) is 6.52. The van der Waals surface area contributed by atoms with Crippen LogP contribution in [0.2, 0.25) is 0 Å². The van der Waals surface area contributed by atoms with Crippen LogP contribution < -0.4 is 5.32 Å². The molecule has 0 aromatic heterocycles. The number of nitrogens with one attached hydrogen (secondary N) is 1. The predicted octanol–water partition coefficient (Wildman–Crippen LogP) is 1.03. The molecule has 0 fully saturated rings. The van der Waals surface area contributed by atoms with Crippen LogP contribution in [0.1, 0.15) is 12.0 Å². The molecule has 2 N–H and O–H groups in total. The van der Waals surface area contributed by atoms with Crippen molar-refractivity contribution in [2.45, 2.75) is 18.9 Å². The first-order chi connectivity index (χ1) is 9.06. The molecule has 0 radical (unpaired) electrons. The lowest BCUT2D eigenvalue weighted by atomic mass is 10.1. The van der Waals surface area contributed by atoms with E-state index in [-0.39, 0.29) is 12.3 Å². The Balaban J connectivity index is 2.45. The number of aliphatic hydroxyl groups is 1.